The molecule has 1 aliphatic carbocycles. The van der Waals surface area contributed by atoms with Crippen molar-refractivity contribution < 1.29 is 0 Å². The van der Waals surface area contributed by atoms with Gasteiger partial charge in [0.2, 0.25) is 0 Å². The first kappa shape index (κ1) is 12.6. The number of rotatable bonds is 5. The van der Waals surface area contributed by atoms with E-state index in [1.807, 2.05) is 6.20 Å². The molecule has 1 aromatic rings. The molecule has 3 nitrogen and oxygen atoms in total. The Morgan fingerprint density at radius 2 is 2.35 bits per heavy atom. The van der Waals surface area contributed by atoms with Crippen LogP contribution in [0.4, 0.5) is 0 Å². The maximum absolute atomic E-state index is 6.53. The number of hydrogen-bond donors (Lipinski definition) is 1. The minimum absolute atomic E-state index is 0.00246. The molecule has 2 rings (SSSR count). The van der Waals surface area contributed by atoms with Crippen LogP contribution in [0.3, 0.4) is 0 Å². The van der Waals surface area contributed by atoms with Crippen LogP contribution >= 0.6 is 0 Å². The molecule has 0 spiro atoms. The van der Waals surface area contributed by atoms with Crippen LogP contribution in [0.15, 0.2) is 12.4 Å². The fourth-order valence-electron chi connectivity index (χ4n) is 3.05. The fraction of sp³-hybridized carbons (Fsp3) is 0.786. The summed E-state index contributed by atoms with van der Waals surface area (Å²) in [5.74, 6) is 2.00. The van der Waals surface area contributed by atoms with Gasteiger partial charge in [-0.05, 0) is 31.6 Å². The highest BCUT2D eigenvalue weighted by Crippen LogP contribution is 2.36. The average Bonchev–Trinajstić information content (AvgIpc) is 2.88. The van der Waals surface area contributed by atoms with Crippen LogP contribution in [0.1, 0.15) is 51.8 Å². The Morgan fingerprint density at radius 3 is 3.00 bits per heavy atom. The third kappa shape index (κ3) is 2.89. The second-order valence-corrected chi connectivity index (χ2v) is 5.59. The number of hydrogen-bond acceptors (Lipinski definition) is 2. The van der Waals surface area contributed by atoms with Crippen LogP contribution in [0.25, 0.3) is 0 Å². The van der Waals surface area contributed by atoms with Crippen molar-refractivity contribution in [3.05, 3.63) is 18.2 Å². The summed E-state index contributed by atoms with van der Waals surface area (Å²) in [6.07, 6.45) is 11.0. The van der Waals surface area contributed by atoms with Crippen LogP contribution in [0.2, 0.25) is 0 Å². The lowest BCUT2D eigenvalue weighted by Crippen LogP contribution is -2.40. The molecular weight excluding hydrogens is 210 g/mol. The van der Waals surface area contributed by atoms with E-state index in [4.69, 9.17) is 5.73 Å². The SMILES string of the molecule is CCCn1ccnc1CC1(N)CCC(CC)C1. The van der Waals surface area contributed by atoms with Crippen molar-refractivity contribution in [2.45, 2.75) is 64.5 Å². The fourth-order valence-corrected chi connectivity index (χ4v) is 3.05. The van der Waals surface area contributed by atoms with E-state index in [1.54, 1.807) is 0 Å². The third-order valence-corrected chi connectivity index (χ3v) is 4.10. The van der Waals surface area contributed by atoms with Gasteiger partial charge in [-0.3, -0.25) is 0 Å². The first-order valence-corrected chi connectivity index (χ1v) is 6.96. The van der Waals surface area contributed by atoms with E-state index in [9.17, 15) is 0 Å². The zero-order valence-corrected chi connectivity index (χ0v) is 11.2. The zero-order chi connectivity index (χ0) is 12.3. The standard InChI is InChI=1S/C14H25N3/c1-3-8-17-9-7-16-13(17)11-14(15)6-5-12(4-2)10-14/h7,9,12H,3-6,8,10-11,15H2,1-2H3. The minimum atomic E-state index is -0.00246. The molecule has 2 unspecified atom stereocenters. The molecule has 0 aromatic carbocycles. The van der Waals surface area contributed by atoms with Gasteiger partial charge in [-0.2, -0.15) is 0 Å². The van der Waals surface area contributed by atoms with Gasteiger partial charge in [0, 0.05) is 30.9 Å². The van der Waals surface area contributed by atoms with E-state index >= 15 is 0 Å². The van der Waals surface area contributed by atoms with Gasteiger partial charge in [-0.25, -0.2) is 4.98 Å². The smallest absolute Gasteiger partial charge is 0.110 e. The van der Waals surface area contributed by atoms with Gasteiger partial charge >= 0.3 is 0 Å². The van der Waals surface area contributed by atoms with E-state index in [0.29, 0.717) is 0 Å². The lowest BCUT2D eigenvalue weighted by molar-refractivity contribution is 0.392. The van der Waals surface area contributed by atoms with Gasteiger partial charge in [0.25, 0.3) is 0 Å². The summed E-state index contributed by atoms with van der Waals surface area (Å²) in [7, 11) is 0. The summed E-state index contributed by atoms with van der Waals surface area (Å²) in [4.78, 5) is 4.48. The van der Waals surface area contributed by atoms with Gasteiger partial charge in [0.1, 0.15) is 5.82 Å². The average molecular weight is 235 g/mol. The lowest BCUT2D eigenvalue weighted by atomic mass is 9.92. The lowest BCUT2D eigenvalue weighted by Gasteiger charge is -2.24. The molecule has 1 saturated carbocycles. The number of nitrogens with two attached hydrogens (primary N) is 1. The van der Waals surface area contributed by atoms with Crippen molar-refractivity contribution in [2.24, 2.45) is 11.7 Å². The molecule has 2 atom stereocenters. The van der Waals surface area contributed by atoms with E-state index in [2.05, 4.69) is 29.6 Å². The van der Waals surface area contributed by atoms with Crippen molar-refractivity contribution in [2.75, 3.05) is 0 Å². The van der Waals surface area contributed by atoms with E-state index < -0.39 is 0 Å². The van der Waals surface area contributed by atoms with Crippen LogP contribution in [0.5, 0.6) is 0 Å². The monoisotopic (exact) mass is 235 g/mol. The summed E-state index contributed by atoms with van der Waals surface area (Å²) in [6, 6.07) is 0. The second kappa shape index (κ2) is 5.21. The predicted octanol–water partition coefficient (Wildman–Crippen LogP) is 2.74. The van der Waals surface area contributed by atoms with Crippen molar-refractivity contribution >= 4 is 0 Å². The van der Waals surface area contributed by atoms with Crippen molar-refractivity contribution in [1.29, 1.82) is 0 Å². The van der Waals surface area contributed by atoms with Gasteiger partial charge in [-0.1, -0.05) is 20.3 Å². The zero-order valence-electron chi connectivity index (χ0n) is 11.2. The van der Waals surface area contributed by atoms with Crippen LogP contribution in [0, 0.1) is 5.92 Å². The molecule has 0 amide bonds. The molecule has 0 radical (unpaired) electrons. The summed E-state index contributed by atoms with van der Waals surface area (Å²) < 4.78 is 2.26. The topological polar surface area (TPSA) is 43.8 Å². The third-order valence-electron chi connectivity index (χ3n) is 4.10. The molecule has 0 aliphatic heterocycles. The Morgan fingerprint density at radius 1 is 1.53 bits per heavy atom. The number of aryl methyl sites for hydroxylation is 1. The molecular formula is C14H25N3. The Bertz CT molecular complexity index is 358. The van der Waals surface area contributed by atoms with E-state index in [0.717, 1.165) is 31.7 Å². The molecule has 0 bridgehead atoms. The molecule has 2 N–H and O–H groups in total. The van der Waals surface area contributed by atoms with Crippen molar-refractivity contribution in [3.63, 3.8) is 0 Å². The molecule has 1 fully saturated rings. The Kier molecular flexibility index (Phi) is 3.87. The van der Waals surface area contributed by atoms with E-state index in [-0.39, 0.29) is 5.54 Å². The molecule has 3 heteroatoms. The second-order valence-electron chi connectivity index (χ2n) is 5.59. The molecule has 0 saturated heterocycles. The Hall–Kier alpha value is -0.830. The molecule has 1 aromatic heterocycles. The Balaban J connectivity index is 2.02. The predicted molar refractivity (Wildman–Crippen MR) is 70.8 cm³/mol. The highest BCUT2D eigenvalue weighted by molar-refractivity contribution is 5.04. The summed E-state index contributed by atoms with van der Waals surface area (Å²) in [6.45, 7) is 5.53. The van der Waals surface area contributed by atoms with Gasteiger partial charge in [0.15, 0.2) is 0 Å². The largest absolute Gasteiger partial charge is 0.335 e. The normalized spacial score (nSPS) is 28.8. The number of aromatic nitrogens is 2. The first-order valence-electron chi connectivity index (χ1n) is 6.96. The van der Waals surface area contributed by atoms with Gasteiger partial charge in [-0.15, -0.1) is 0 Å². The van der Waals surface area contributed by atoms with E-state index in [1.165, 1.54) is 25.1 Å². The number of nitrogens with zero attached hydrogens (tertiary/aromatic N) is 2. The van der Waals surface area contributed by atoms with Crippen LogP contribution in [-0.4, -0.2) is 15.1 Å². The van der Waals surface area contributed by atoms with Gasteiger partial charge < -0.3 is 10.3 Å². The maximum atomic E-state index is 6.53. The summed E-state index contributed by atoms with van der Waals surface area (Å²) in [5, 5.41) is 0. The highest BCUT2D eigenvalue weighted by Gasteiger charge is 2.35. The molecule has 1 heterocycles. The maximum Gasteiger partial charge on any atom is 0.110 e. The first-order chi connectivity index (χ1) is 8.17. The molecule has 17 heavy (non-hydrogen) atoms. The Labute approximate surface area is 104 Å². The highest BCUT2D eigenvalue weighted by atomic mass is 15.1. The number of imidazole rings is 1. The van der Waals surface area contributed by atoms with Crippen molar-refractivity contribution in [1.82, 2.24) is 9.55 Å². The quantitative estimate of drug-likeness (QED) is 0.853. The summed E-state index contributed by atoms with van der Waals surface area (Å²) in [5.41, 5.74) is 6.53. The molecule has 1 aliphatic rings. The van der Waals surface area contributed by atoms with Crippen LogP contribution < -0.4 is 5.73 Å². The summed E-state index contributed by atoms with van der Waals surface area (Å²) >= 11 is 0. The van der Waals surface area contributed by atoms with Crippen molar-refractivity contribution in [3.8, 4) is 0 Å². The minimum Gasteiger partial charge on any atom is -0.335 e. The van der Waals surface area contributed by atoms with Gasteiger partial charge in [0.05, 0.1) is 0 Å². The molecule has 96 valence electrons. The van der Waals surface area contributed by atoms with Crippen LogP contribution in [-0.2, 0) is 13.0 Å².